The lowest BCUT2D eigenvalue weighted by molar-refractivity contribution is -0.122. The van der Waals surface area contributed by atoms with Crippen molar-refractivity contribution in [2.45, 2.75) is 65.2 Å². The molecule has 2 aliphatic heterocycles. The van der Waals surface area contributed by atoms with Gasteiger partial charge in [0.15, 0.2) is 0 Å². The largest absolute Gasteiger partial charge is 0.397 e. The van der Waals surface area contributed by atoms with Gasteiger partial charge in [-0.25, -0.2) is 0 Å². The van der Waals surface area contributed by atoms with Crippen LogP contribution >= 0.6 is 0 Å². The molecule has 0 saturated carbocycles. The van der Waals surface area contributed by atoms with Crippen molar-refractivity contribution in [1.82, 2.24) is 0 Å². The van der Waals surface area contributed by atoms with Crippen molar-refractivity contribution >= 4 is 45.9 Å². The van der Waals surface area contributed by atoms with E-state index in [1.165, 1.54) is 0 Å². The lowest BCUT2D eigenvalue weighted by Crippen LogP contribution is -2.36. The molecule has 2 aromatic rings. The summed E-state index contributed by atoms with van der Waals surface area (Å²) in [5, 5.41) is 0. The van der Waals surface area contributed by atoms with Crippen LogP contribution < -0.4 is 32.7 Å². The van der Waals surface area contributed by atoms with Crippen molar-refractivity contribution in [1.29, 1.82) is 0 Å². The van der Waals surface area contributed by atoms with Crippen LogP contribution in [0.3, 0.4) is 0 Å². The molecule has 34 heavy (non-hydrogen) atoms. The Bertz CT molecular complexity index is 1050. The molecule has 2 aromatic carbocycles. The summed E-state index contributed by atoms with van der Waals surface area (Å²) < 4.78 is 0. The maximum absolute atomic E-state index is 12.3. The number of fused-ring (bicyclic) bond motifs is 2. The molecular weight excluding hydrogens is 428 g/mol. The molecule has 184 valence electrons. The summed E-state index contributed by atoms with van der Waals surface area (Å²) >= 11 is 0. The van der Waals surface area contributed by atoms with Gasteiger partial charge in [0.05, 0.1) is 45.0 Å². The molecule has 0 aromatic heterocycles. The highest BCUT2D eigenvalue weighted by Crippen LogP contribution is 2.45. The summed E-state index contributed by atoms with van der Waals surface area (Å²) in [6.07, 6.45) is 1.84. The average molecular weight is 467 g/mol. The molecular formula is C26H38N6O2. The number of nitrogens with two attached hydrogens (primary N) is 4. The Hall–Kier alpha value is -3.42. The Morgan fingerprint density at radius 3 is 1.21 bits per heavy atom. The average Bonchev–Trinajstić information content (AvgIpc) is 3.05. The van der Waals surface area contributed by atoms with Crippen LogP contribution in [0.4, 0.5) is 34.1 Å². The number of hydrogen-bond donors (Lipinski definition) is 4. The van der Waals surface area contributed by atoms with E-state index in [0.717, 1.165) is 48.4 Å². The molecule has 0 radical (unpaired) electrons. The molecule has 4 rings (SSSR count). The van der Waals surface area contributed by atoms with Crippen molar-refractivity contribution in [2.75, 3.05) is 45.8 Å². The highest BCUT2D eigenvalue weighted by Gasteiger charge is 2.44. The van der Waals surface area contributed by atoms with Gasteiger partial charge in [-0.05, 0) is 75.9 Å². The van der Waals surface area contributed by atoms with Crippen LogP contribution in [0.5, 0.6) is 0 Å². The maximum atomic E-state index is 12.3. The second kappa shape index (κ2) is 8.74. The number of rotatable bonds is 4. The predicted octanol–water partition coefficient (Wildman–Crippen LogP) is 3.77. The number of anilines is 6. The monoisotopic (exact) mass is 466 g/mol. The molecule has 0 atom stereocenters. The molecule has 8 heteroatoms. The summed E-state index contributed by atoms with van der Waals surface area (Å²) in [4.78, 5) is 28.3. The van der Waals surface area contributed by atoms with Crippen molar-refractivity contribution in [3.8, 4) is 0 Å². The molecule has 0 fully saturated rings. The van der Waals surface area contributed by atoms with E-state index in [1.54, 1.807) is 0 Å². The number of hydrogen-bond acceptors (Lipinski definition) is 6. The van der Waals surface area contributed by atoms with E-state index < -0.39 is 10.8 Å². The first-order valence-electron chi connectivity index (χ1n) is 11.8. The fourth-order valence-electron chi connectivity index (χ4n) is 4.71. The smallest absolute Gasteiger partial charge is 0.237 e. The molecule has 2 heterocycles. The van der Waals surface area contributed by atoms with Crippen LogP contribution in [0.25, 0.3) is 0 Å². The van der Waals surface area contributed by atoms with Crippen LogP contribution in [-0.4, -0.2) is 24.9 Å². The number of nitrogens with zero attached hydrogens (tertiary/aromatic N) is 2. The van der Waals surface area contributed by atoms with Gasteiger partial charge in [-0.1, -0.05) is 13.8 Å². The van der Waals surface area contributed by atoms with Gasteiger partial charge in [0.1, 0.15) is 0 Å². The third-order valence-corrected chi connectivity index (χ3v) is 6.79. The van der Waals surface area contributed by atoms with E-state index in [1.807, 2.05) is 61.8 Å². The van der Waals surface area contributed by atoms with Crippen molar-refractivity contribution < 1.29 is 9.59 Å². The van der Waals surface area contributed by atoms with Gasteiger partial charge in [-0.2, -0.15) is 0 Å². The SMILES string of the molecule is CCCN1C(=O)C(C)(C)c2cc(N)c(N)cc21.CCCN1C(=O)C(C)(C)c2cc(N)c(N)cc21. The third kappa shape index (κ3) is 3.91. The van der Waals surface area contributed by atoms with Gasteiger partial charge in [-0.3, -0.25) is 9.59 Å². The molecule has 0 bridgehead atoms. The van der Waals surface area contributed by atoms with Crippen molar-refractivity contribution in [3.63, 3.8) is 0 Å². The Balaban J connectivity index is 0.000000191. The first kappa shape index (κ1) is 25.2. The van der Waals surface area contributed by atoms with Gasteiger partial charge in [-0.15, -0.1) is 0 Å². The standard InChI is InChI=1S/2C13H19N3O/c2*1-4-5-16-11-7-10(15)9(14)6-8(11)13(2,3)12(16)17/h2*6-7H,4-5,14-15H2,1-3H3. The number of benzene rings is 2. The maximum Gasteiger partial charge on any atom is 0.237 e. The molecule has 8 nitrogen and oxygen atoms in total. The minimum absolute atomic E-state index is 0.124. The molecule has 0 spiro atoms. The second-order valence-electron chi connectivity index (χ2n) is 10.2. The van der Waals surface area contributed by atoms with E-state index in [2.05, 4.69) is 13.8 Å². The summed E-state index contributed by atoms with van der Waals surface area (Å²) in [7, 11) is 0. The van der Waals surface area contributed by atoms with Crippen LogP contribution in [0.15, 0.2) is 24.3 Å². The van der Waals surface area contributed by atoms with Gasteiger partial charge in [0.2, 0.25) is 11.8 Å². The van der Waals surface area contributed by atoms with Gasteiger partial charge in [0.25, 0.3) is 0 Å². The quantitative estimate of drug-likeness (QED) is 0.505. The molecule has 0 unspecified atom stereocenters. The summed E-state index contributed by atoms with van der Waals surface area (Å²) in [5.41, 5.74) is 28.2. The molecule has 2 amide bonds. The fraction of sp³-hybridized carbons (Fsp3) is 0.462. The fourth-order valence-corrected chi connectivity index (χ4v) is 4.71. The lowest BCUT2D eigenvalue weighted by Gasteiger charge is -2.19. The summed E-state index contributed by atoms with van der Waals surface area (Å²) in [5.74, 6) is 0.249. The topological polar surface area (TPSA) is 145 Å². The minimum Gasteiger partial charge on any atom is -0.397 e. The highest BCUT2D eigenvalue weighted by molar-refractivity contribution is 6.09. The lowest BCUT2D eigenvalue weighted by atomic mass is 9.86. The normalized spacial score (nSPS) is 17.4. The first-order chi connectivity index (χ1) is 15.8. The van der Waals surface area contributed by atoms with Crippen LogP contribution in [0.2, 0.25) is 0 Å². The second-order valence-corrected chi connectivity index (χ2v) is 10.2. The summed E-state index contributed by atoms with van der Waals surface area (Å²) in [6.45, 7) is 13.3. The highest BCUT2D eigenvalue weighted by atomic mass is 16.2. The van der Waals surface area contributed by atoms with Crippen LogP contribution in [0.1, 0.15) is 65.5 Å². The van der Waals surface area contributed by atoms with E-state index in [0.29, 0.717) is 22.7 Å². The number of nitrogen functional groups attached to an aromatic ring is 4. The molecule has 0 saturated heterocycles. The zero-order valence-corrected chi connectivity index (χ0v) is 21.2. The zero-order valence-electron chi connectivity index (χ0n) is 21.2. The summed E-state index contributed by atoms with van der Waals surface area (Å²) in [6, 6.07) is 7.29. The predicted molar refractivity (Wildman–Crippen MR) is 142 cm³/mol. The van der Waals surface area contributed by atoms with Gasteiger partial charge < -0.3 is 32.7 Å². The number of carbonyl (C=O) groups is 2. The molecule has 0 aliphatic carbocycles. The molecule has 2 aliphatic rings. The van der Waals surface area contributed by atoms with Crippen molar-refractivity contribution in [3.05, 3.63) is 35.4 Å². The number of carbonyl (C=O) groups excluding carboxylic acids is 2. The van der Waals surface area contributed by atoms with Crippen LogP contribution in [-0.2, 0) is 20.4 Å². The van der Waals surface area contributed by atoms with E-state index in [-0.39, 0.29) is 11.8 Å². The third-order valence-electron chi connectivity index (χ3n) is 6.79. The zero-order chi connectivity index (χ0) is 25.6. The Labute approximate surface area is 202 Å². The first-order valence-corrected chi connectivity index (χ1v) is 11.8. The van der Waals surface area contributed by atoms with E-state index in [9.17, 15) is 9.59 Å². The van der Waals surface area contributed by atoms with Crippen molar-refractivity contribution in [2.24, 2.45) is 0 Å². The number of amides is 2. The van der Waals surface area contributed by atoms with Crippen LogP contribution in [0, 0.1) is 0 Å². The van der Waals surface area contributed by atoms with E-state index in [4.69, 9.17) is 22.9 Å². The Morgan fingerprint density at radius 1 is 0.618 bits per heavy atom. The van der Waals surface area contributed by atoms with Gasteiger partial charge >= 0.3 is 0 Å². The Morgan fingerprint density at radius 2 is 0.912 bits per heavy atom. The van der Waals surface area contributed by atoms with E-state index >= 15 is 0 Å². The molecule has 8 N–H and O–H groups in total. The minimum atomic E-state index is -0.508. The van der Waals surface area contributed by atoms with Gasteiger partial charge in [0, 0.05) is 13.1 Å². The Kier molecular flexibility index (Phi) is 6.48.